The molecule has 2 aliphatic rings. The summed E-state index contributed by atoms with van der Waals surface area (Å²) < 4.78 is 5.84. The maximum Gasteiger partial charge on any atom is 0.0716 e. The van der Waals surface area contributed by atoms with Gasteiger partial charge in [0.15, 0.2) is 0 Å². The molecule has 1 aromatic carbocycles. The van der Waals surface area contributed by atoms with Gasteiger partial charge in [0.2, 0.25) is 0 Å². The Morgan fingerprint density at radius 3 is 2.52 bits per heavy atom. The summed E-state index contributed by atoms with van der Waals surface area (Å²) in [4.78, 5) is 0. The van der Waals surface area contributed by atoms with Gasteiger partial charge in [0, 0.05) is 12.6 Å². The first-order valence-electron chi connectivity index (χ1n) is 8.77. The van der Waals surface area contributed by atoms with Crippen molar-refractivity contribution >= 4 is 0 Å². The van der Waals surface area contributed by atoms with Crippen molar-refractivity contribution in [2.75, 3.05) is 13.2 Å². The maximum absolute atomic E-state index is 5.84. The normalized spacial score (nSPS) is 29.6. The quantitative estimate of drug-likeness (QED) is 0.794. The van der Waals surface area contributed by atoms with Gasteiger partial charge in [0.05, 0.1) is 6.61 Å². The average Bonchev–Trinajstić information content (AvgIpc) is 3.08. The van der Waals surface area contributed by atoms with Crippen LogP contribution in [0.4, 0.5) is 0 Å². The van der Waals surface area contributed by atoms with Crippen LogP contribution in [0.2, 0.25) is 0 Å². The molecule has 3 rings (SSSR count). The Morgan fingerprint density at radius 2 is 1.81 bits per heavy atom. The second-order valence-corrected chi connectivity index (χ2v) is 6.81. The molecular formula is C19H29NO. The van der Waals surface area contributed by atoms with Crippen LogP contribution < -0.4 is 5.32 Å². The number of ether oxygens (including phenoxy) is 1. The molecule has 0 amide bonds. The van der Waals surface area contributed by atoms with Crippen molar-refractivity contribution < 1.29 is 4.74 Å². The van der Waals surface area contributed by atoms with Crippen molar-refractivity contribution in [3.05, 3.63) is 35.9 Å². The standard InChI is InChI=1S/C19H29NO/c1-2-5-17(6-3-1)15-21-14-12-16-8-10-18(11-9-16)19-7-4-13-20-19/h1-3,5-6,16,18-20H,4,7-15H2. The summed E-state index contributed by atoms with van der Waals surface area (Å²) in [5.74, 6) is 1.85. The smallest absolute Gasteiger partial charge is 0.0716 e. The molecule has 1 aliphatic carbocycles. The zero-order chi connectivity index (χ0) is 14.3. The molecule has 1 atom stereocenters. The van der Waals surface area contributed by atoms with Crippen LogP contribution in [0.15, 0.2) is 30.3 Å². The Bertz CT molecular complexity index is 391. The number of rotatable bonds is 6. The van der Waals surface area contributed by atoms with Crippen LogP contribution in [-0.4, -0.2) is 19.2 Å². The second kappa shape index (κ2) is 7.95. The van der Waals surface area contributed by atoms with E-state index in [0.29, 0.717) is 0 Å². The lowest BCUT2D eigenvalue weighted by Crippen LogP contribution is -2.33. The molecule has 21 heavy (non-hydrogen) atoms. The summed E-state index contributed by atoms with van der Waals surface area (Å²) in [5, 5.41) is 3.69. The second-order valence-electron chi connectivity index (χ2n) is 6.81. The number of nitrogens with one attached hydrogen (secondary N) is 1. The van der Waals surface area contributed by atoms with E-state index in [4.69, 9.17) is 4.74 Å². The molecule has 2 heteroatoms. The van der Waals surface area contributed by atoms with E-state index in [-0.39, 0.29) is 0 Å². The van der Waals surface area contributed by atoms with E-state index < -0.39 is 0 Å². The van der Waals surface area contributed by atoms with E-state index in [2.05, 4.69) is 35.6 Å². The molecule has 1 saturated heterocycles. The molecule has 116 valence electrons. The van der Waals surface area contributed by atoms with Crippen LogP contribution in [0.1, 0.15) is 50.5 Å². The molecule has 0 bridgehead atoms. The SMILES string of the molecule is c1ccc(COCCC2CCC(C3CCCN3)CC2)cc1. The molecule has 0 aromatic heterocycles. The zero-order valence-corrected chi connectivity index (χ0v) is 13.1. The van der Waals surface area contributed by atoms with Crippen LogP contribution in [0.3, 0.4) is 0 Å². The average molecular weight is 287 g/mol. The fourth-order valence-electron chi connectivity index (χ4n) is 4.01. The highest BCUT2D eigenvalue weighted by Crippen LogP contribution is 2.34. The molecule has 1 unspecified atom stereocenters. The third-order valence-corrected chi connectivity index (χ3v) is 5.34. The van der Waals surface area contributed by atoms with Crippen molar-refractivity contribution in [3.63, 3.8) is 0 Å². The summed E-state index contributed by atoms with van der Waals surface area (Å²) in [6, 6.07) is 11.3. The zero-order valence-electron chi connectivity index (χ0n) is 13.1. The molecule has 1 saturated carbocycles. The van der Waals surface area contributed by atoms with Crippen molar-refractivity contribution in [1.29, 1.82) is 0 Å². The highest BCUT2D eigenvalue weighted by atomic mass is 16.5. The Balaban J connectivity index is 1.29. The first-order chi connectivity index (χ1) is 10.4. The molecule has 1 N–H and O–H groups in total. The van der Waals surface area contributed by atoms with Gasteiger partial charge in [-0.3, -0.25) is 0 Å². The lowest BCUT2D eigenvalue weighted by atomic mass is 9.77. The van der Waals surface area contributed by atoms with Crippen molar-refractivity contribution in [1.82, 2.24) is 5.32 Å². The van der Waals surface area contributed by atoms with Crippen LogP contribution >= 0.6 is 0 Å². The van der Waals surface area contributed by atoms with E-state index >= 15 is 0 Å². The number of benzene rings is 1. The van der Waals surface area contributed by atoms with Crippen LogP contribution in [0.25, 0.3) is 0 Å². The van der Waals surface area contributed by atoms with E-state index in [0.717, 1.165) is 31.1 Å². The fourth-order valence-corrected chi connectivity index (χ4v) is 4.01. The van der Waals surface area contributed by atoms with Gasteiger partial charge in [-0.2, -0.15) is 0 Å². The molecule has 2 nitrogen and oxygen atoms in total. The van der Waals surface area contributed by atoms with E-state index in [9.17, 15) is 0 Å². The summed E-state index contributed by atoms with van der Waals surface area (Å²) in [6.45, 7) is 2.94. The summed E-state index contributed by atoms with van der Waals surface area (Å²) >= 11 is 0. The maximum atomic E-state index is 5.84. The predicted octanol–water partition coefficient (Wildman–Crippen LogP) is 4.15. The third kappa shape index (κ3) is 4.55. The van der Waals surface area contributed by atoms with Crippen molar-refractivity contribution in [2.24, 2.45) is 11.8 Å². The topological polar surface area (TPSA) is 21.3 Å². The Hall–Kier alpha value is -0.860. The Kier molecular flexibility index (Phi) is 5.70. The van der Waals surface area contributed by atoms with Crippen LogP contribution in [0, 0.1) is 11.8 Å². The minimum Gasteiger partial charge on any atom is -0.377 e. The van der Waals surface area contributed by atoms with Gasteiger partial charge >= 0.3 is 0 Å². The number of hydrogen-bond acceptors (Lipinski definition) is 2. The predicted molar refractivity (Wildman–Crippen MR) is 87.2 cm³/mol. The minimum absolute atomic E-state index is 0.766. The van der Waals surface area contributed by atoms with Gasteiger partial charge in [-0.15, -0.1) is 0 Å². The van der Waals surface area contributed by atoms with Gasteiger partial charge < -0.3 is 10.1 Å². The monoisotopic (exact) mass is 287 g/mol. The fraction of sp³-hybridized carbons (Fsp3) is 0.684. The van der Waals surface area contributed by atoms with Gasteiger partial charge in [0.1, 0.15) is 0 Å². The molecule has 1 aromatic rings. The first-order valence-corrected chi connectivity index (χ1v) is 8.77. The van der Waals surface area contributed by atoms with Gasteiger partial charge in [-0.25, -0.2) is 0 Å². The summed E-state index contributed by atoms with van der Waals surface area (Å²) in [7, 11) is 0. The highest BCUT2D eigenvalue weighted by Gasteiger charge is 2.28. The molecular weight excluding hydrogens is 258 g/mol. The molecule has 1 aliphatic heterocycles. The number of hydrogen-bond donors (Lipinski definition) is 1. The molecule has 0 spiro atoms. The third-order valence-electron chi connectivity index (χ3n) is 5.34. The van der Waals surface area contributed by atoms with Crippen molar-refractivity contribution in [3.8, 4) is 0 Å². The first kappa shape index (κ1) is 15.1. The van der Waals surface area contributed by atoms with Crippen molar-refractivity contribution in [2.45, 2.75) is 57.6 Å². The van der Waals surface area contributed by atoms with Gasteiger partial charge in [0.25, 0.3) is 0 Å². The molecule has 1 heterocycles. The Labute approximate surface area is 129 Å². The van der Waals surface area contributed by atoms with E-state index in [1.165, 1.54) is 57.1 Å². The lowest BCUT2D eigenvalue weighted by Gasteiger charge is -2.32. The Morgan fingerprint density at radius 1 is 1.00 bits per heavy atom. The molecule has 0 radical (unpaired) electrons. The lowest BCUT2D eigenvalue weighted by molar-refractivity contribution is 0.0961. The largest absolute Gasteiger partial charge is 0.377 e. The van der Waals surface area contributed by atoms with Crippen LogP contribution in [-0.2, 0) is 11.3 Å². The van der Waals surface area contributed by atoms with E-state index in [1.807, 2.05) is 0 Å². The molecule has 2 fully saturated rings. The van der Waals surface area contributed by atoms with Gasteiger partial charge in [-0.1, -0.05) is 43.2 Å². The van der Waals surface area contributed by atoms with Crippen LogP contribution in [0.5, 0.6) is 0 Å². The summed E-state index contributed by atoms with van der Waals surface area (Å²) in [6.07, 6.45) is 9.74. The van der Waals surface area contributed by atoms with Gasteiger partial charge in [-0.05, 0) is 56.0 Å². The van der Waals surface area contributed by atoms with E-state index in [1.54, 1.807) is 0 Å². The summed E-state index contributed by atoms with van der Waals surface area (Å²) in [5.41, 5.74) is 1.29. The highest BCUT2D eigenvalue weighted by molar-refractivity contribution is 5.13. The minimum atomic E-state index is 0.766.